The Morgan fingerprint density at radius 1 is 1.24 bits per heavy atom. The van der Waals surface area contributed by atoms with Gasteiger partial charge >= 0.3 is 5.97 Å². The molecule has 5 nitrogen and oxygen atoms in total. The quantitative estimate of drug-likeness (QED) is 0.631. The smallest absolute Gasteiger partial charge is 0.331 e. The van der Waals surface area contributed by atoms with Gasteiger partial charge in [0.1, 0.15) is 0 Å². The van der Waals surface area contributed by atoms with Crippen molar-refractivity contribution in [2.24, 2.45) is 0 Å². The van der Waals surface area contributed by atoms with E-state index in [4.69, 9.17) is 14.2 Å². The molecule has 1 aliphatic heterocycles. The molecule has 2 aliphatic rings. The molecule has 1 aromatic rings. The van der Waals surface area contributed by atoms with Gasteiger partial charge in [0.2, 0.25) is 6.79 Å². The molecule has 3 rings (SSSR count). The summed E-state index contributed by atoms with van der Waals surface area (Å²) in [5.41, 5.74) is 0.811. The van der Waals surface area contributed by atoms with Gasteiger partial charge in [-0.25, -0.2) is 4.79 Å². The van der Waals surface area contributed by atoms with Crippen molar-refractivity contribution in [1.29, 1.82) is 0 Å². The van der Waals surface area contributed by atoms with Crippen molar-refractivity contribution < 1.29 is 23.8 Å². The Bertz CT molecular complexity index is 590. The van der Waals surface area contributed by atoms with Crippen LogP contribution in [0, 0.1) is 0 Å². The highest BCUT2D eigenvalue weighted by Crippen LogP contribution is 2.32. The van der Waals surface area contributed by atoms with Crippen molar-refractivity contribution in [3.63, 3.8) is 0 Å². The summed E-state index contributed by atoms with van der Waals surface area (Å²) < 4.78 is 15.7. The standard InChI is InChI=1S/C16H16O5/c17-12-3-1-2-4-13(12)21-16(18)8-6-11-5-7-14-15(9-11)20-10-19-14/h5-9,13H,1-4,10H2. The van der Waals surface area contributed by atoms with E-state index in [2.05, 4.69) is 0 Å². The van der Waals surface area contributed by atoms with Gasteiger partial charge in [0, 0.05) is 12.5 Å². The third-order valence-corrected chi connectivity index (χ3v) is 3.57. The Kier molecular flexibility index (Phi) is 3.90. The largest absolute Gasteiger partial charge is 0.454 e. The molecule has 1 saturated carbocycles. The number of hydrogen-bond donors (Lipinski definition) is 0. The molecule has 1 atom stereocenters. The Morgan fingerprint density at radius 2 is 2.10 bits per heavy atom. The Hall–Kier alpha value is -2.30. The van der Waals surface area contributed by atoms with Crippen molar-refractivity contribution >= 4 is 17.8 Å². The minimum Gasteiger partial charge on any atom is -0.454 e. The number of ether oxygens (including phenoxy) is 3. The average molecular weight is 288 g/mol. The third-order valence-electron chi connectivity index (χ3n) is 3.57. The maximum atomic E-state index is 11.7. The van der Waals surface area contributed by atoms with Crippen molar-refractivity contribution in [2.75, 3.05) is 6.79 Å². The number of rotatable bonds is 3. The average Bonchev–Trinajstić information content (AvgIpc) is 2.95. The fraction of sp³-hybridized carbons (Fsp3) is 0.375. The van der Waals surface area contributed by atoms with Crippen LogP contribution in [-0.4, -0.2) is 24.6 Å². The number of esters is 1. The molecule has 1 aliphatic carbocycles. The summed E-state index contributed by atoms with van der Waals surface area (Å²) in [7, 11) is 0. The van der Waals surface area contributed by atoms with Crippen LogP contribution in [0.5, 0.6) is 11.5 Å². The summed E-state index contributed by atoms with van der Waals surface area (Å²) in [6.45, 7) is 0.217. The lowest BCUT2D eigenvalue weighted by molar-refractivity contribution is -0.152. The molecule has 5 heteroatoms. The van der Waals surface area contributed by atoms with Crippen LogP contribution in [0.25, 0.3) is 6.08 Å². The van der Waals surface area contributed by atoms with E-state index < -0.39 is 12.1 Å². The van der Waals surface area contributed by atoms with Crippen LogP contribution >= 0.6 is 0 Å². The molecule has 0 bridgehead atoms. The molecule has 110 valence electrons. The lowest BCUT2D eigenvalue weighted by Crippen LogP contribution is -2.29. The van der Waals surface area contributed by atoms with Crippen LogP contribution in [0.2, 0.25) is 0 Å². The number of hydrogen-bond acceptors (Lipinski definition) is 5. The molecule has 0 radical (unpaired) electrons. The van der Waals surface area contributed by atoms with Crippen molar-refractivity contribution in [2.45, 2.75) is 31.8 Å². The number of fused-ring (bicyclic) bond motifs is 1. The second kappa shape index (κ2) is 5.99. The van der Waals surface area contributed by atoms with E-state index in [9.17, 15) is 9.59 Å². The first-order chi connectivity index (χ1) is 10.2. The molecule has 1 unspecified atom stereocenters. The Labute approximate surface area is 122 Å². The Morgan fingerprint density at radius 3 is 2.95 bits per heavy atom. The molecule has 0 N–H and O–H groups in total. The van der Waals surface area contributed by atoms with Gasteiger partial charge in [0.15, 0.2) is 23.4 Å². The number of carbonyl (C=O) groups excluding carboxylic acids is 2. The van der Waals surface area contributed by atoms with Crippen molar-refractivity contribution in [3.8, 4) is 11.5 Å². The number of benzene rings is 1. The summed E-state index contributed by atoms with van der Waals surface area (Å²) in [6, 6.07) is 5.40. The van der Waals surface area contributed by atoms with E-state index in [0.717, 1.165) is 18.4 Å². The molecule has 0 aromatic heterocycles. The predicted octanol–water partition coefficient (Wildman–Crippen LogP) is 2.48. The molecular formula is C16H16O5. The van der Waals surface area contributed by atoms with E-state index in [1.165, 1.54) is 6.08 Å². The summed E-state index contributed by atoms with van der Waals surface area (Å²) in [6.07, 6.45) is 5.34. The van der Waals surface area contributed by atoms with Gasteiger partial charge in [-0.3, -0.25) is 4.79 Å². The molecule has 1 fully saturated rings. The maximum Gasteiger partial charge on any atom is 0.331 e. The first-order valence-electron chi connectivity index (χ1n) is 7.03. The summed E-state index contributed by atoms with van der Waals surface area (Å²) >= 11 is 0. The molecule has 0 saturated heterocycles. The summed E-state index contributed by atoms with van der Waals surface area (Å²) in [4.78, 5) is 23.3. The molecule has 21 heavy (non-hydrogen) atoms. The van der Waals surface area contributed by atoms with Gasteiger partial charge in [-0.15, -0.1) is 0 Å². The highest BCUT2D eigenvalue weighted by molar-refractivity contribution is 5.91. The van der Waals surface area contributed by atoms with Crippen molar-refractivity contribution in [3.05, 3.63) is 29.8 Å². The second-order valence-corrected chi connectivity index (χ2v) is 5.08. The second-order valence-electron chi connectivity index (χ2n) is 5.08. The number of ketones is 1. The fourth-order valence-electron chi connectivity index (χ4n) is 2.44. The van der Waals surface area contributed by atoms with Crippen LogP contribution in [0.15, 0.2) is 24.3 Å². The van der Waals surface area contributed by atoms with Crippen LogP contribution in [0.1, 0.15) is 31.2 Å². The van der Waals surface area contributed by atoms with Crippen LogP contribution in [0.3, 0.4) is 0 Å². The van der Waals surface area contributed by atoms with Crippen LogP contribution < -0.4 is 9.47 Å². The highest BCUT2D eigenvalue weighted by atomic mass is 16.7. The van der Waals surface area contributed by atoms with Gasteiger partial charge in [0.25, 0.3) is 0 Å². The first kappa shape index (κ1) is 13.7. The summed E-state index contributed by atoms with van der Waals surface area (Å²) in [5.74, 6) is 0.884. The summed E-state index contributed by atoms with van der Waals surface area (Å²) in [5, 5.41) is 0. The maximum absolute atomic E-state index is 11.7. The lowest BCUT2D eigenvalue weighted by Gasteiger charge is -2.19. The molecule has 1 aromatic carbocycles. The van der Waals surface area contributed by atoms with Gasteiger partial charge in [-0.1, -0.05) is 6.07 Å². The third kappa shape index (κ3) is 3.24. The molecular weight excluding hydrogens is 272 g/mol. The lowest BCUT2D eigenvalue weighted by atomic mass is 9.96. The number of Topliss-reactive ketones (excluding diaryl/α,β-unsaturated/α-hetero) is 1. The number of carbonyl (C=O) groups is 2. The zero-order valence-electron chi connectivity index (χ0n) is 11.5. The van der Waals surface area contributed by atoms with E-state index in [1.807, 2.05) is 6.07 Å². The Balaban J connectivity index is 1.60. The topological polar surface area (TPSA) is 61.8 Å². The first-order valence-corrected chi connectivity index (χ1v) is 7.03. The zero-order valence-corrected chi connectivity index (χ0v) is 11.5. The van der Waals surface area contributed by atoms with Crippen LogP contribution in [-0.2, 0) is 14.3 Å². The monoisotopic (exact) mass is 288 g/mol. The van der Waals surface area contributed by atoms with E-state index in [0.29, 0.717) is 24.3 Å². The van der Waals surface area contributed by atoms with Crippen molar-refractivity contribution in [1.82, 2.24) is 0 Å². The molecule has 0 amide bonds. The minimum atomic E-state index is -0.576. The van der Waals surface area contributed by atoms with Gasteiger partial charge in [-0.2, -0.15) is 0 Å². The van der Waals surface area contributed by atoms with E-state index in [-0.39, 0.29) is 12.6 Å². The highest BCUT2D eigenvalue weighted by Gasteiger charge is 2.24. The van der Waals surface area contributed by atoms with Gasteiger partial charge in [-0.05, 0) is 43.0 Å². The minimum absolute atomic E-state index is 0.0195. The molecule has 1 heterocycles. The zero-order chi connectivity index (χ0) is 14.7. The van der Waals surface area contributed by atoms with Gasteiger partial charge in [0.05, 0.1) is 0 Å². The molecule has 0 spiro atoms. The normalized spacial score (nSPS) is 20.8. The van der Waals surface area contributed by atoms with E-state index >= 15 is 0 Å². The van der Waals surface area contributed by atoms with E-state index in [1.54, 1.807) is 18.2 Å². The SMILES string of the molecule is O=C(C=Cc1ccc2c(c1)OCO2)OC1CCCCC1=O. The van der Waals surface area contributed by atoms with Gasteiger partial charge < -0.3 is 14.2 Å². The predicted molar refractivity (Wildman–Crippen MR) is 75.0 cm³/mol. The van der Waals surface area contributed by atoms with Crippen LogP contribution in [0.4, 0.5) is 0 Å². The fourth-order valence-corrected chi connectivity index (χ4v) is 2.44.